The summed E-state index contributed by atoms with van der Waals surface area (Å²) in [7, 11) is -1.44. The van der Waals surface area contributed by atoms with E-state index in [1.807, 2.05) is 30.0 Å². The number of guanidine groups is 1. The largest absolute Gasteiger partial charge is 0.496 e. The summed E-state index contributed by atoms with van der Waals surface area (Å²) in [4.78, 5) is 6.72. The summed E-state index contributed by atoms with van der Waals surface area (Å²) in [6.07, 6.45) is 0. The quantitative estimate of drug-likeness (QED) is 0.585. The number of nitrogens with zero attached hydrogens (tertiary/aromatic N) is 2. The Morgan fingerprint density at radius 1 is 1.44 bits per heavy atom. The highest BCUT2D eigenvalue weighted by molar-refractivity contribution is 9.10. The molecule has 0 radical (unpaired) electrons. The van der Waals surface area contributed by atoms with Gasteiger partial charge in [-0.2, -0.15) is 0 Å². The van der Waals surface area contributed by atoms with Crippen molar-refractivity contribution in [1.82, 2.24) is 10.2 Å². The van der Waals surface area contributed by atoms with Gasteiger partial charge in [-0.15, -0.1) is 0 Å². The van der Waals surface area contributed by atoms with Crippen LogP contribution in [0.1, 0.15) is 26.3 Å². The molecule has 0 saturated carbocycles. The summed E-state index contributed by atoms with van der Waals surface area (Å²) in [5.74, 6) is 1.68. The smallest absolute Gasteiger partial charge is 0.194 e. The summed E-state index contributed by atoms with van der Waals surface area (Å²) >= 11 is 3.48. The highest BCUT2D eigenvalue weighted by atomic mass is 79.9. The lowest BCUT2D eigenvalue weighted by molar-refractivity contribution is 0.353. The maximum atomic E-state index is 12.2. The lowest BCUT2D eigenvalue weighted by Gasteiger charge is -2.39. The standard InChI is InChI=1S/C17H26BrN3O3S/c1-5-19-16(21-8-9-25(22,23)17(2,3)12-21)20-11-13-6-7-15(24-4)14(18)10-13/h6-7,10H,5,8-9,11-12H2,1-4H3,(H,19,20). The lowest BCUT2D eigenvalue weighted by atomic mass is 10.2. The van der Waals surface area contributed by atoms with E-state index in [0.29, 0.717) is 19.6 Å². The number of aliphatic imine (C=N–C) groups is 1. The second-order valence-electron chi connectivity index (χ2n) is 6.64. The Balaban J connectivity index is 2.17. The van der Waals surface area contributed by atoms with Crippen LogP contribution < -0.4 is 10.1 Å². The maximum absolute atomic E-state index is 12.2. The molecular formula is C17H26BrN3O3S. The minimum Gasteiger partial charge on any atom is -0.496 e. The van der Waals surface area contributed by atoms with Crippen molar-refractivity contribution in [3.05, 3.63) is 28.2 Å². The van der Waals surface area contributed by atoms with Crippen LogP contribution >= 0.6 is 15.9 Å². The van der Waals surface area contributed by atoms with Crippen LogP contribution in [0.2, 0.25) is 0 Å². The van der Waals surface area contributed by atoms with Gasteiger partial charge in [-0.1, -0.05) is 6.07 Å². The van der Waals surface area contributed by atoms with Crippen LogP contribution in [-0.4, -0.2) is 56.5 Å². The highest BCUT2D eigenvalue weighted by Gasteiger charge is 2.40. The third-order valence-electron chi connectivity index (χ3n) is 4.31. The van der Waals surface area contributed by atoms with Crippen LogP contribution in [0, 0.1) is 0 Å². The summed E-state index contributed by atoms with van der Waals surface area (Å²) in [5, 5.41) is 3.27. The van der Waals surface area contributed by atoms with E-state index in [0.717, 1.165) is 28.3 Å². The molecule has 1 aromatic carbocycles. The average molecular weight is 432 g/mol. The van der Waals surface area contributed by atoms with Crippen LogP contribution in [0.3, 0.4) is 0 Å². The molecule has 6 nitrogen and oxygen atoms in total. The number of rotatable bonds is 4. The predicted molar refractivity (Wildman–Crippen MR) is 105 cm³/mol. The first-order valence-corrected chi connectivity index (χ1v) is 10.7. The van der Waals surface area contributed by atoms with Gasteiger partial charge < -0.3 is 15.0 Å². The number of ether oxygens (including phenoxy) is 1. The maximum Gasteiger partial charge on any atom is 0.194 e. The lowest BCUT2D eigenvalue weighted by Crippen LogP contribution is -2.57. The molecule has 1 fully saturated rings. The molecule has 0 atom stereocenters. The fraction of sp³-hybridized carbons (Fsp3) is 0.588. The molecule has 8 heteroatoms. The van der Waals surface area contributed by atoms with Gasteiger partial charge in [-0.25, -0.2) is 13.4 Å². The van der Waals surface area contributed by atoms with E-state index in [9.17, 15) is 8.42 Å². The van der Waals surface area contributed by atoms with Crippen LogP contribution in [0.15, 0.2) is 27.7 Å². The van der Waals surface area contributed by atoms with E-state index in [-0.39, 0.29) is 5.75 Å². The molecule has 140 valence electrons. The Bertz CT molecular complexity index is 748. The summed E-state index contributed by atoms with van der Waals surface area (Å²) in [6.45, 7) is 7.70. The van der Waals surface area contributed by atoms with Gasteiger partial charge in [0.05, 0.1) is 28.6 Å². The number of nitrogens with one attached hydrogen (secondary N) is 1. The molecule has 1 saturated heterocycles. The van der Waals surface area contributed by atoms with E-state index < -0.39 is 14.6 Å². The molecular weight excluding hydrogens is 406 g/mol. The second-order valence-corrected chi connectivity index (χ2v) is 10.2. The first-order valence-electron chi connectivity index (χ1n) is 8.28. The monoisotopic (exact) mass is 431 g/mol. The van der Waals surface area contributed by atoms with Crippen molar-refractivity contribution in [2.75, 3.05) is 32.5 Å². The number of hydrogen-bond donors (Lipinski definition) is 1. The van der Waals surface area contributed by atoms with Gasteiger partial charge in [0.25, 0.3) is 0 Å². The topological polar surface area (TPSA) is 71.0 Å². The molecule has 0 amide bonds. The number of sulfone groups is 1. The van der Waals surface area contributed by atoms with Gasteiger partial charge in [0.2, 0.25) is 0 Å². The molecule has 1 aliphatic rings. The summed E-state index contributed by atoms with van der Waals surface area (Å²) in [5.41, 5.74) is 1.05. The van der Waals surface area contributed by atoms with Crippen molar-refractivity contribution < 1.29 is 13.2 Å². The summed E-state index contributed by atoms with van der Waals surface area (Å²) < 4.78 is 29.8. The van der Waals surface area contributed by atoms with Crippen molar-refractivity contribution >= 4 is 31.7 Å². The molecule has 0 spiro atoms. The molecule has 1 aromatic rings. The van der Waals surface area contributed by atoms with Gasteiger partial charge in [0.1, 0.15) is 5.75 Å². The van der Waals surface area contributed by atoms with Crippen molar-refractivity contribution in [2.45, 2.75) is 32.1 Å². The normalized spacial score (nSPS) is 19.6. The zero-order valence-corrected chi connectivity index (χ0v) is 17.6. The molecule has 0 aliphatic carbocycles. The fourth-order valence-corrected chi connectivity index (χ4v) is 4.68. The van der Waals surface area contributed by atoms with Gasteiger partial charge in [-0.3, -0.25) is 0 Å². The van der Waals surface area contributed by atoms with Crippen molar-refractivity contribution in [2.24, 2.45) is 4.99 Å². The Kier molecular flexibility index (Phi) is 6.37. The highest BCUT2D eigenvalue weighted by Crippen LogP contribution is 2.26. The predicted octanol–water partition coefficient (Wildman–Crippen LogP) is 2.43. The summed E-state index contributed by atoms with van der Waals surface area (Å²) in [6, 6.07) is 5.86. The molecule has 2 rings (SSSR count). The third-order valence-corrected chi connectivity index (χ3v) is 7.46. The van der Waals surface area contributed by atoms with Crippen LogP contribution in [0.5, 0.6) is 5.75 Å². The Morgan fingerprint density at radius 3 is 2.72 bits per heavy atom. The molecule has 1 aliphatic heterocycles. The average Bonchev–Trinajstić information content (AvgIpc) is 2.54. The van der Waals surface area contributed by atoms with Crippen molar-refractivity contribution in [1.29, 1.82) is 0 Å². The van der Waals surface area contributed by atoms with Gasteiger partial charge >= 0.3 is 0 Å². The number of halogens is 1. The molecule has 25 heavy (non-hydrogen) atoms. The SMILES string of the molecule is CCNC(=NCc1ccc(OC)c(Br)c1)N1CCS(=O)(=O)C(C)(C)C1. The van der Waals surface area contributed by atoms with E-state index in [2.05, 4.69) is 21.2 Å². The molecule has 0 bridgehead atoms. The molecule has 0 aromatic heterocycles. The minimum atomic E-state index is -3.07. The van der Waals surface area contributed by atoms with E-state index in [1.165, 1.54) is 0 Å². The van der Waals surface area contributed by atoms with E-state index in [1.54, 1.807) is 21.0 Å². The molecule has 0 unspecified atom stereocenters. The fourth-order valence-electron chi connectivity index (χ4n) is 2.72. The zero-order valence-electron chi connectivity index (χ0n) is 15.2. The minimum absolute atomic E-state index is 0.151. The Morgan fingerprint density at radius 2 is 2.16 bits per heavy atom. The zero-order chi connectivity index (χ0) is 18.7. The number of benzene rings is 1. The van der Waals surface area contributed by atoms with Crippen molar-refractivity contribution in [3.63, 3.8) is 0 Å². The van der Waals surface area contributed by atoms with Gasteiger partial charge in [-0.05, 0) is 54.4 Å². The van der Waals surface area contributed by atoms with Crippen LogP contribution in [0.4, 0.5) is 0 Å². The number of methoxy groups -OCH3 is 1. The second kappa shape index (κ2) is 7.95. The van der Waals surface area contributed by atoms with E-state index in [4.69, 9.17) is 9.73 Å². The first kappa shape index (κ1) is 20.0. The van der Waals surface area contributed by atoms with Gasteiger partial charge in [0, 0.05) is 19.6 Å². The van der Waals surface area contributed by atoms with Gasteiger partial charge in [0.15, 0.2) is 15.8 Å². The molecule has 1 N–H and O–H groups in total. The Labute approximate surface area is 158 Å². The third kappa shape index (κ3) is 4.67. The van der Waals surface area contributed by atoms with Crippen LogP contribution in [-0.2, 0) is 16.4 Å². The first-order chi connectivity index (χ1) is 11.7. The Hall–Kier alpha value is -1.28. The number of hydrogen-bond acceptors (Lipinski definition) is 4. The van der Waals surface area contributed by atoms with Crippen LogP contribution in [0.25, 0.3) is 0 Å². The van der Waals surface area contributed by atoms with Crippen molar-refractivity contribution in [3.8, 4) is 5.75 Å². The molecule has 1 heterocycles. The van der Waals surface area contributed by atoms with E-state index >= 15 is 0 Å².